The van der Waals surface area contributed by atoms with Gasteiger partial charge in [0.15, 0.2) is 17.3 Å². The van der Waals surface area contributed by atoms with Gasteiger partial charge in [-0.1, -0.05) is 28.9 Å². The molecule has 4 rings (SSSR count). The molecule has 0 fully saturated rings. The standard InChI is InChI=1S/C24H18ClF4N7O3/c1-12(15-4-3-9-30-20(15)25)39-23(38)33-22-19(34-35-36(22)2)16-7-5-13(21(26)32-16)10-17(37)14-6-8-18(31-11-14)24(27,28)29/h3-9,11-12H,10H2,1-2H3,(H,33,38)/t12-/m1/s1. The summed E-state index contributed by atoms with van der Waals surface area (Å²) in [4.78, 5) is 36.0. The first-order valence-corrected chi connectivity index (χ1v) is 11.5. The van der Waals surface area contributed by atoms with E-state index in [0.717, 1.165) is 12.3 Å². The molecule has 4 aromatic heterocycles. The summed E-state index contributed by atoms with van der Waals surface area (Å²) >= 11 is 6.04. The van der Waals surface area contributed by atoms with Gasteiger partial charge in [-0.25, -0.2) is 19.4 Å². The maximum Gasteiger partial charge on any atom is 0.433 e. The van der Waals surface area contributed by atoms with Crippen LogP contribution >= 0.6 is 11.6 Å². The van der Waals surface area contributed by atoms with Gasteiger partial charge in [-0.3, -0.25) is 15.1 Å². The van der Waals surface area contributed by atoms with Crippen LogP contribution in [0.5, 0.6) is 0 Å². The molecule has 10 nitrogen and oxygen atoms in total. The van der Waals surface area contributed by atoms with Gasteiger partial charge in [-0.15, -0.1) is 5.10 Å². The number of hydrogen-bond acceptors (Lipinski definition) is 8. The lowest BCUT2D eigenvalue weighted by Crippen LogP contribution is -2.18. The quantitative estimate of drug-likeness (QED) is 0.184. The summed E-state index contributed by atoms with van der Waals surface area (Å²) in [6.45, 7) is 1.60. The number of aromatic nitrogens is 6. The second-order valence-electron chi connectivity index (χ2n) is 8.14. The zero-order valence-corrected chi connectivity index (χ0v) is 21.0. The number of ether oxygens (including phenoxy) is 1. The second-order valence-corrected chi connectivity index (χ2v) is 8.50. The number of carbonyl (C=O) groups is 2. The van der Waals surface area contributed by atoms with Crippen LogP contribution in [0.1, 0.15) is 40.2 Å². The number of anilines is 1. The van der Waals surface area contributed by atoms with Crippen molar-refractivity contribution in [2.24, 2.45) is 7.05 Å². The summed E-state index contributed by atoms with van der Waals surface area (Å²) in [5.74, 6) is -1.62. The van der Waals surface area contributed by atoms with Crippen molar-refractivity contribution in [2.45, 2.75) is 25.6 Å². The van der Waals surface area contributed by atoms with E-state index in [9.17, 15) is 27.2 Å². The SMILES string of the molecule is C[C@@H](OC(=O)Nc1c(-c2ccc(CC(=O)c3ccc(C(F)(F)F)nc3)c(F)n2)nnn1C)c1cccnc1Cl. The first-order valence-electron chi connectivity index (χ1n) is 11.1. The minimum absolute atomic E-state index is 0.00773. The molecular formula is C24H18ClF4N7O3. The molecule has 0 aliphatic rings. The molecule has 0 spiro atoms. The van der Waals surface area contributed by atoms with E-state index < -0.39 is 42.2 Å². The van der Waals surface area contributed by atoms with Crippen LogP contribution in [0.2, 0.25) is 5.15 Å². The number of nitrogens with one attached hydrogen (secondary N) is 1. The fourth-order valence-electron chi connectivity index (χ4n) is 3.45. The van der Waals surface area contributed by atoms with Crippen LogP contribution < -0.4 is 5.32 Å². The van der Waals surface area contributed by atoms with E-state index in [-0.39, 0.29) is 33.5 Å². The Bertz CT molecular complexity index is 1530. The predicted octanol–water partition coefficient (Wildman–Crippen LogP) is 5.21. The Morgan fingerprint density at radius 1 is 1.15 bits per heavy atom. The average molecular weight is 564 g/mol. The molecule has 0 aliphatic carbocycles. The maximum absolute atomic E-state index is 14.8. The number of nitrogens with zero attached hydrogens (tertiary/aromatic N) is 6. The van der Waals surface area contributed by atoms with Crippen molar-refractivity contribution < 1.29 is 31.9 Å². The van der Waals surface area contributed by atoms with Gasteiger partial charge in [0.25, 0.3) is 0 Å². The van der Waals surface area contributed by atoms with Crippen LogP contribution in [0.3, 0.4) is 0 Å². The summed E-state index contributed by atoms with van der Waals surface area (Å²) in [7, 11) is 1.48. The van der Waals surface area contributed by atoms with Crippen molar-refractivity contribution in [3.8, 4) is 11.4 Å². The number of carbonyl (C=O) groups excluding carboxylic acids is 2. The third kappa shape index (κ3) is 6.34. The zero-order chi connectivity index (χ0) is 28.3. The van der Waals surface area contributed by atoms with E-state index >= 15 is 0 Å². The van der Waals surface area contributed by atoms with Crippen molar-refractivity contribution in [1.29, 1.82) is 0 Å². The minimum Gasteiger partial charge on any atom is -0.441 e. The van der Waals surface area contributed by atoms with Crippen molar-refractivity contribution in [1.82, 2.24) is 29.9 Å². The first kappa shape index (κ1) is 27.6. The number of aryl methyl sites for hydroxylation is 1. The Morgan fingerprint density at radius 3 is 2.56 bits per heavy atom. The number of hydrogen-bond donors (Lipinski definition) is 1. The molecule has 0 saturated carbocycles. The molecule has 4 aromatic rings. The van der Waals surface area contributed by atoms with Gasteiger partial charge in [0.2, 0.25) is 5.95 Å². The monoisotopic (exact) mass is 563 g/mol. The molecule has 39 heavy (non-hydrogen) atoms. The van der Waals surface area contributed by atoms with Crippen molar-refractivity contribution in [3.63, 3.8) is 0 Å². The van der Waals surface area contributed by atoms with Crippen LogP contribution in [0.4, 0.5) is 28.2 Å². The number of ketones is 1. The molecule has 0 aliphatic heterocycles. The summed E-state index contributed by atoms with van der Waals surface area (Å²) in [5.41, 5.74) is -0.879. The van der Waals surface area contributed by atoms with Crippen LogP contribution in [-0.4, -0.2) is 41.8 Å². The summed E-state index contributed by atoms with van der Waals surface area (Å²) in [5, 5.41) is 10.4. The Hall–Kier alpha value is -4.46. The lowest BCUT2D eigenvalue weighted by atomic mass is 10.0. The highest BCUT2D eigenvalue weighted by atomic mass is 35.5. The Morgan fingerprint density at radius 2 is 1.92 bits per heavy atom. The molecule has 1 amide bonds. The number of halogens is 5. The fraction of sp³-hybridized carbons (Fsp3) is 0.208. The molecule has 202 valence electrons. The summed E-state index contributed by atoms with van der Waals surface area (Å²) in [6, 6.07) is 7.56. The predicted molar refractivity (Wildman–Crippen MR) is 129 cm³/mol. The third-order valence-electron chi connectivity index (χ3n) is 5.45. The van der Waals surface area contributed by atoms with Gasteiger partial charge >= 0.3 is 12.3 Å². The number of alkyl halides is 3. The fourth-order valence-corrected chi connectivity index (χ4v) is 3.72. The third-order valence-corrected chi connectivity index (χ3v) is 5.77. The van der Waals surface area contributed by atoms with Crippen molar-refractivity contribution in [3.05, 3.63) is 82.3 Å². The zero-order valence-electron chi connectivity index (χ0n) is 20.2. The first-order chi connectivity index (χ1) is 18.4. The molecule has 0 radical (unpaired) electrons. The van der Waals surface area contributed by atoms with E-state index in [1.807, 2.05) is 0 Å². The summed E-state index contributed by atoms with van der Waals surface area (Å²) < 4.78 is 59.4. The molecule has 4 heterocycles. The van der Waals surface area contributed by atoms with E-state index in [0.29, 0.717) is 11.6 Å². The molecule has 15 heteroatoms. The second kappa shape index (κ2) is 11.1. The number of amides is 1. The number of rotatable bonds is 7. The normalized spacial score (nSPS) is 12.2. The molecule has 1 atom stereocenters. The van der Waals surface area contributed by atoms with Crippen LogP contribution in [0, 0.1) is 5.95 Å². The van der Waals surface area contributed by atoms with Crippen LogP contribution in [0.15, 0.2) is 48.8 Å². The van der Waals surface area contributed by atoms with Gasteiger partial charge in [0.05, 0.1) is 5.69 Å². The van der Waals surface area contributed by atoms with E-state index in [1.165, 1.54) is 30.1 Å². The van der Waals surface area contributed by atoms with Crippen molar-refractivity contribution in [2.75, 3.05) is 5.32 Å². The summed E-state index contributed by atoms with van der Waals surface area (Å²) in [6.07, 6.45) is -4.47. The minimum atomic E-state index is -4.65. The highest BCUT2D eigenvalue weighted by Gasteiger charge is 2.32. The van der Waals surface area contributed by atoms with Crippen molar-refractivity contribution >= 4 is 29.3 Å². The molecular weight excluding hydrogens is 546 g/mol. The highest BCUT2D eigenvalue weighted by Crippen LogP contribution is 2.29. The Labute approximate surface area is 223 Å². The van der Waals surface area contributed by atoms with E-state index in [2.05, 4.69) is 30.6 Å². The van der Waals surface area contributed by atoms with Gasteiger partial charge in [-0.2, -0.15) is 17.6 Å². The number of pyridine rings is 3. The maximum atomic E-state index is 14.8. The van der Waals surface area contributed by atoms with Gasteiger partial charge in [0.1, 0.15) is 17.0 Å². The lowest BCUT2D eigenvalue weighted by molar-refractivity contribution is -0.141. The molecule has 1 N–H and O–H groups in total. The number of Topliss-reactive ketones (excluding diaryl/α,β-unsaturated/α-hetero) is 1. The lowest BCUT2D eigenvalue weighted by Gasteiger charge is -2.15. The molecule has 0 saturated heterocycles. The van der Waals surface area contributed by atoms with E-state index in [1.54, 1.807) is 19.1 Å². The molecule has 0 unspecified atom stereocenters. The van der Waals surface area contributed by atoms with E-state index in [4.69, 9.17) is 16.3 Å². The van der Waals surface area contributed by atoms with Gasteiger partial charge in [0, 0.05) is 42.6 Å². The van der Waals surface area contributed by atoms with Gasteiger partial charge in [-0.05, 0) is 31.2 Å². The van der Waals surface area contributed by atoms with Gasteiger partial charge < -0.3 is 4.74 Å². The van der Waals surface area contributed by atoms with Crippen LogP contribution in [-0.2, 0) is 24.4 Å². The Kier molecular flexibility index (Phi) is 7.85. The largest absolute Gasteiger partial charge is 0.441 e. The average Bonchev–Trinajstić information content (AvgIpc) is 3.24. The Balaban J connectivity index is 1.47. The highest BCUT2D eigenvalue weighted by molar-refractivity contribution is 6.30. The molecule has 0 aromatic carbocycles. The van der Waals surface area contributed by atoms with Crippen LogP contribution in [0.25, 0.3) is 11.4 Å². The molecule has 0 bridgehead atoms. The smallest absolute Gasteiger partial charge is 0.433 e. The topological polar surface area (TPSA) is 125 Å².